The highest BCUT2D eigenvalue weighted by atomic mass is 32.1. The number of aryl methyl sites for hydroxylation is 1. The second kappa shape index (κ2) is 9.67. The SMILES string of the molecule is CCOC(=O)c1sc2ncnc(NCC(c3cccc(F)c3)N3CCOCC3)c2c1C. The van der Waals surface area contributed by atoms with Gasteiger partial charge in [0, 0.05) is 19.6 Å². The summed E-state index contributed by atoms with van der Waals surface area (Å²) in [5.41, 5.74) is 1.70. The van der Waals surface area contributed by atoms with Gasteiger partial charge in [-0.15, -0.1) is 11.3 Å². The highest BCUT2D eigenvalue weighted by molar-refractivity contribution is 7.20. The summed E-state index contributed by atoms with van der Waals surface area (Å²) in [6.45, 7) is 7.35. The molecule has 0 bridgehead atoms. The van der Waals surface area contributed by atoms with Gasteiger partial charge in [-0.3, -0.25) is 4.90 Å². The van der Waals surface area contributed by atoms with Crippen LogP contribution in [0.15, 0.2) is 30.6 Å². The Morgan fingerprint density at radius 3 is 2.90 bits per heavy atom. The first-order chi connectivity index (χ1) is 15.1. The van der Waals surface area contributed by atoms with E-state index in [-0.39, 0.29) is 17.8 Å². The zero-order valence-electron chi connectivity index (χ0n) is 17.6. The first-order valence-electron chi connectivity index (χ1n) is 10.3. The van der Waals surface area contributed by atoms with E-state index in [1.807, 2.05) is 13.0 Å². The molecule has 2 aromatic heterocycles. The highest BCUT2D eigenvalue weighted by Gasteiger charge is 2.25. The molecule has 0 saturated carbocycles. The summed E-state index contributed by atoms with van der Waals surface area (Å²) in [5.74, 6) is 0.0526. The number of carbonyl (C=O) groups is 1. The molecule has 9 heteroatoms. The number of nitrogens with zero attached hydrogens (tertiary/aromatic N) is 3. The van der Waals surface area contributed by atoms with Crippen molar-refractivity contribution in [2.24, 2.45) is 0 Å². The van der Waals surface area contributed by atoms with Crippen LogP contribution in [0.3, 0.4) is 0 Å². The molecule has 7 nitrogen and oxygen atoms in total. The van der Waals surface area contributed by atoms with Gasteiger partial charge in [-0.2, -0.15) is 0 Å². The molecule has 1 unspecified atom stereocenters. The van der Waals surface area contributed by atoms with Gasteiger partial charge in [0.2, 0.25) is 0 Å². The second-order valence-electron chi connectivity index (χ2n) is 7.28. The molecule has 4 rings (SSSR count). The average Bonchev–Trinajstić information content (AvgIpc) is 3.12. The van der Waals surface area contributed by atoms with Crippen molar-refractivity contribution in [3.63, 3.8) is 0 Å². The topological polar surface area (TPSA) is 76.6 Å². The van der Waals surface area contributed by atoms with E-state index in [4.69, 9.17) is 9.47 Å². The number of hydrogen-bond acceptors (Lipinski definition) is 8. The number of anilines is 1. The molecule has 164 valence electrons. The molecule has 0 radical (unpaired) electrons. The van der Waals surface area contributed by atoms with Crippen molar-refractivity contribution in [3.05, 3.63) is 52.4 Å². The van der Waals surface area contributed by atoms with Crippen LogP contribution < -0.4 is 5.32 Å². The molecule has 0 amide bonds. The minimum Gasteiger partial charge on any atom is -0.462 e. The molecule has 1 aliphatic rings. The van der Waals surface area contributed by atoms with E-state index in [9.17, 15) is 9.18 Å². The van der Waals surface area contributed by atoms with Crippen LogP contribution in [0.25, 0.3) is 10.2 Å². The maximum atomic E-state index is 13.9. The number of morpholine rings is 1. The monoisotopic (exact) mass is 444 g/mol. The molecule has 3 heterocycles. The number of benzene rings is 1. The third-order valence-corrected chi connectivity index (χ3v) is 6.55. The lowest BCUT2D eigenvalue weighted by Crippen LogP contribution is -2.41. The minimum absolute atomic E-state index is 0.0481. The average molecular weight is 445 g/mol. The van der Waals surface area contributed by atoms with Gasteiger partial charge < -0.3 is 14.8 Å². The van der Waals surface area contributed by atoms with Crippen LogP contribution in [0.2, 0.25) is 0 Å². The summed E-state index contributed by atoms with van der Waals surface area (Å²) in [6.07, 6.45) is 1.49. The van der Waals surface area contributed by atoms with Crippen molar-refractivity contribution in [3.8, 4) is 0 Å². The van der Waals surface area contributed by atoms with Gasteiger partial charge >= 0.3 is 5.97 Å². The molecule has 1 fully saturated rings. The third-order valence-electron chi connectivity index (χ3n) is 5.37. The lowest BCUT2D eigenvalue weighted by Gasteiger charge is -2.35. The van der Waals surface area contributed by atoms with Crippen LogP contribution in [0.5, 0.6) is 0 Å². The van der Waals surface area contributed by atoms with Crippen molar-refractivity contribution in [1.29, 1.82) is 0 Å². The van der Waals surface area contributed by atoms with Crippen LogP contribution in [-0.2, 0) is 9.47 Å². The largest absolute Gasteiger partial charge is 0.462 e. The van der Waals surface area contributed by atoms with Gasteiger partial charge in [0.25, 0.3) is 0 Å². The van der Waals surface area contributed by atoms with Crippen LogP contribution in [0, 0.1) is 12.7 Å². The highest BCUT2D eigenvalue weighted by Crippen LogP contribution is 2.34. The van der Waals surface area contributed by atoms with Crippen molar-refractivity contribution >= 4 is 33.3 Å². The van der Waals surface area contributed by atoms with Crippen molar-refractivity contribution in [2.45, 2.75) is 19.9 Å². The Labute approximate surface area is 184 Å². The molecule has 1 saturated heterocycles. The lowest BCUT2D eigenvalue weighted by molar-refractivity contribution is 0.0186. The minimum atomic E-state index is -0.347. The molecular formula is C22H25FN4O3S. The summed E-state index contributed by atoms with van der Waals surface area (Å²) in [5, 5.41) is 4.24. The zero-order chi connectivity index (χ0) is 21.8. The predicted molar refractivity (Wildman–Crippen MR) is 118 cm³/mol. The maximum absolute atomic E-state index is 13.9. The molecule has 3 aromatic rings. The van der Waals surface area contributed by atoms with Crippen molar-refractivity contribution in [1.82, 2.24) is 14.9 Å². The molecule has 0 aliphatic carbocycles. The number of ether oxygens (including phenoxy) is 2. The fourth-order valence-electron chi connectivity index (χ4n) is 3.85. The number of hydrogen-bond donors (Lipinski definition) is 1. The van der Waals surface area contributed by atoms with Crippen LogP contribution >= 0.6 is 11.3 Å². The molecule has 1 N–H and O–H groups in total. The van der Waals surface area contributed by atoms with E-state index >= 15 is 0 Å². The van der Waals surface area contributed by atoms with Gasteiger partial charge in [0.15, 0.2) is 0 Å². The molecule has 1 aromatic carbocycles. The molecule has 31 heavy (non-hydrogen) atoms. The smallest absolute Gasteiger partial charge is 0.348 e. The van der Waals surface area contributed by atoms with Gasteiger partial charge in [-0.25, -0.2) is 19.2 Å². The maximum Gasteiger partial charge on any atom is 0.348 e. The fraction of sp³-hybridized carbons (Fsp3) is 0.409. The first kappa shape index (κ1) is 21.6. The van der Waals surface area contributed by atoms with Crippen LogP contribution in [-0.4, -0.2) is 60.3 Å². The normalized spacial score (nSPS) is 15.7. The van der Waals surface area contributed by atoms with Crippen molar-refractivity contribution < 1.29 is 18.7 Å². The second-order valence-corrected chi connectivity index (χ2v) is 8.28. The number of rotatable bonds is 7. The third kappa shape index (κ3) is 4.68. The van der Waals surface area contributed by atoms with E-state index in [1.54, 1.807) is 19.1 Å². The number of nitrogens with one attached hydrogen (secondary N) is 1. The number of carbonyl (C=O) groups excluding carboxylic acids is 1. The Bertz CT molecular complexity index is 1070. The lowest BCUT2D eigenvalue weighted by atomic mass is 10.0. The molecular weight excluding hydrogens is 419 g/mol. The molecule has 0 spiro atoms. The van der Waals surface area contributed by atoms with Gasteiger partial charge in [0.05, 0.1) is 31.2 Å². The van der Waals surface area contributed by atoms with Crippen molar-refractivity contribution in [2.75, 3.05) is 44.8 Å². The first-order valence-corrected chi connectivity index (χ1v) is 11.1. The van der Waals surface area contributed by atoms with E-state index in [0.717, 1.165) is 34.4 Å². The predicted octanol–water partition coefficient (Wildman–Crippen LogP) is 3.80. The quantitative estimate of drug-likeness (QED) is 0.556. The number of halogens is 1. The summed E-state index contributed by atoms with van der Waals surface area (Å²) < 4.78 is 24.6. The number of esters is 1. The summed E-state index contributed by atoms with van der Waals surface area (Å²) in [6, 6.07) is 6.65. The Hall–Kier alpha value is -2.62. The standard InChI is InChI=1S/C22H25FN4O3S/c1-3-30-22(28)19-14(2)18-20(25-13-26-21(18)31-19)24-12-17(27-7-9-29-10-8-27)15-5-4-6-16(23)11-15/h4-6,11,13,17H,3,7-10,12H2,1-2H3,(H,24,25,26). The van der Waals surface area contributed by atoms with E-state index in [0.29, 0.717) is 37.1 Å². The van der Waals surface area contributed by atoms with Crippen LogP contribution in [0.1, 0.15) is 33.8 Å². The summed E-state index contributed by atoms with van der Waals surface area (Å²) >= 11 is 1.30. The molecule has 1 aliphatic heterocycles. The number of aromatic nitrogens is 2. The summed E-state index contributed by atoms with van der Waals surface area (Å²) in [4.78, 5) is 24.6. The number of thiophene rings is 1. The fourth-order valence-corrected chi connectivity index (χ4v) is 4.89. The van der Waals surface area contributed by atoms with E-state index in [2.05, 4.69) is 20.2 Å². The Morgan fingerprint density at radius 2 is 2.16 bits per heavy atom. The molecule has 1 atom stereocenters. The Kier molecular flexibility index (Phi) is 6.74. The number of fused-ring (bicyclic) bond motifs is 1. The van der Waals surface area contributed by atoms with E-state index < -0.39 is 0 Å². The van der Waals surface area contributed by atoms with E-state index in [1.165, 1.54) is 23.7 Å². The Morgan fingerprint density at radius 1 is 1.35 bits per heavy atom. The zero-order valence-corrected chi connectivity index (χ0v) is 18.4. The van der Waals surface area contributed by atoms with Gasteiger partial charge in [0.1, 0.15) is 27.7 Å². The van der Waals surface area contributed by atoms with Crippen LogP contribution in [0.4, 0.5) is 10.2 Å². The summed E-state index contributed by atoms with van der Waals surface area (Å²) in [7, 11) is 0. The van der Waals surface area contributed by atoms with Gasteiger partial charge in [-0.05, 0) is 37.1 Å². The Balaban J connectivity index is 1.63. The van der Waals surface area contributed by atoms with Gasteiger partial charge in [-0.1, -0.05) is 12.1 Å².